The zero-order valence-corrected chi connectivity index (χ0v) is 22.1. The number of allylic oxidation sites excluding steroid dienone is 1. The zero-order chi connectivity index (χ0) is 25.2. The Morgan fingerprint density at radius 2 is 2.17 bits per heavy atom. The van der Waals surface area contributed by atoms with Crippen LogP contribution in [0.15, 0.2) is 60.0 Å². The van der Waals surface area contributed by atoms with Gasteiger partial charge in [0.2, 0.25) is 0 Å². The Kier molecular flexibility index (Phi) is 9.56. The maximum absolute atomic E-state index is 6.14. The third-order valence-corrected chi connectivity index (χ3v) is 6.98. The number of benzene rings is 1. The molecule has 2 aromatic heterocycles. The van der Waals surface area contributed by atoms with Gasteiger partial charge in [-0.1, -0.05) is 35.8 Å². The minimum atomic E-state index is 0.309. The number of likely N-dealkylation sites (N-methyl/N-ethyl adjacent to an activating group) is 1. The van der Waals surface area contributed by atoms with Crippen LogP contribution in [0, 0.1) is 18.8 Å². The van der Waals surface area contributed by atoms with Crippen LogP contribution in [0.3, 0.4) is 0 Å². The van der Waals surface area contributed by atoms with E-state index in [4.69, 9.17) is 4.74 Å². The van der Waals surface area contributed by atoms with Gasteiger partial charge >= 0.3 is 0 Å². The molecular weight excluding hydrogens is 468 g/mol. The number of rotatable bonds is 10. The molecule has 2 heterocycles. The highest BCUT2D eigenvalue weighted by molar-refractivity contribution is 7.99. The van der Waals surface area contributed by atoms with E-state index in [1.54, 1.807) is 18.0 Å². The maximum atomic E-state index is 6.14. The van der Waals surface area contributed by atoms with Gasteiger partial charge in [0.15, 0.2) is 11.0 Å². The Balaban J connectivity index is 1.42. The largest absolute Gasteiger partial charge is 0.486 e. The number of pyridine rings is 1. The van der Waals surface area contributed by atoms with Crippen molar-refractivity contribution in [1.29, 1.82) is 0 Å². The lowest BCUT2D eigenvalue weighted by molar-refractivity contribution is 0.292. The first kappa shape index (κ1) is 26.0. The zero-order valence-electron chi connectivity index (χ0n) is 21.3. The van der Waals surface area contributed by atoms with Crippen LogP contribution >= 0.6 is 11.8 Å². The molecule has 0 radical (unpaired) electrons. The fraction of sp³-hybridized carbons (Fsp3) is 0.393. The summed E-state index contributed by atoms with van der Waals surface area (Å²) < 4.78 is 8.19. The molecule has 0 saturated heterocycles. The highest BCUT2D eigenvalue weighted by Gasteiger charge is 2.19. The van der Waals surface area contributed by atoms with Crippen LogP contribution in [-0.4, -0.2) is 63.6 Å². The molecule has 4 rings (SSSR count). The van der Waals surface area contributed by atoms with Crippen molar-refractivity contribution >= 4 is 11.8 Å². The predicted molar refractivity (Wildman–Crippen MR) is 146 cm³/mol. The predicted octanol–water partition coefficient (Wildman–Crippen LogP) is 4.25. The number of hydrogen-bond acceptors (Lipinski definition) is 7. The van der Waals surface area contributed by atoms with Crippen LogP contribution < -0.4 is 10.1 Å². The van der Waals surface area contributed by atoms with Crippen LogP contribution in [-0.2, 0) is 6.61 Å². The number of nitrogens with one attached hydrogen (secondary N) is 1. The quantitative estimate of drug-likeness (QED) is 0.252. The molecule has 0 amide bonds. The number of aryl methyl sites for hydroxylation is 1. The molecule has 0 bridgehead atoms. The standard InChI is InChI=1S/C28H34N6OS/c1-22-19-25(14-13-23(22)9-7-15-29-17-18-33(2)3)35-21-27-31-32-28(36-26-11-5-4-6-12-26)34(27)24-10-8-16-30-20-24/h5,8,10-11,13-14,16,19-20,26,29H,4,6,12,15,17-18,21H2,1-3H3. The first-order valence-corrected chi connectivity index (χ1v) is 13.2. The molecule has 0 aliphatic heterocycles. The summed E-state index contributed by atoms with van der Waals surface area (Å²) in [4.78, 5) is 6.45. The summed E-state index contributed by atoms with van der Waals surface area (Å²) in [5, 5.41) is 13.6. The van der Waals surface area contributed by atoms with E-state index in [1.165, 1.54) is 6.42 Å². The van der Waals surface area contributed by atoms with E-state index in [9.17, 15) is 0 Å². The van der Waals surface area contributed by atoms with Crippen molar-refractivity contribution in [3.8, 4) is 23.3 Å². The van der Waals surface area contributed by atoms with Crippen LogP contribution in [0.5, 0.6) is 5.75 Å². The fourth-order valence-corrected chi connectivity index (χ4v) is 4.99. The smallest absolute Gasteiger partial charge is 0.196 e. The topological polar surface area (TPSA) is 68.1 Å². The molecule has 1 aliphatic rings. The molecule has 7 nitrogen and oxygen atoms in total. The van der Waals surface area contributed by atoms with Gasteiger partial charge in [0.05, 0.1) is 18.4 Å². The SMILES string of the molecule is Cc1cc(OCc2nnc(SC3C=CCCC3)n2-c2cccnc2)ccc1C#CCNCCN(C)C. The molecule has 0 saturated carbocycles. The van der Waals surface area contributed by atoms with Crippen LogP contribution in [0.1, 0.15) is 36.2 Å². The minimum Gasteiger partial charge on any atom is -0.486 e. The highest BCUT2D eigenvalue weighted by atomic mass is 32.2. The second kappa shape index (κ2) is 13.3. The van der Waals surface area contributed by atoms with Crippen molar-refractivity contribution in [3.63, 3.8) is 0 Å². The van der Waals surface area contributed by atoms with Crippen molar-refractivity contribution in [2.75, 3.05) is 33.7 Å². The van der Waals surface area contributed by atoms with Crippen molar-refractivity contribution in [2.24, 2.45) is 0 Å². The van der Waals surface area contributed by atoms with Crippen LogP contribution in [0.2, 0.25) is 0 Å². The van der Waals surface area contributed by atoms with Gasteiger partial charge < -0.3 is 15.0 Å². The van der Waals surface area contributed by atoms with Crippen molar-refractivity contribution < 1.29 is 4.74 Å². The molecule has 1 aliphatic carbocycles. The van der Waals surface area contributed by atoms with Crippen LogP contribution in [0.4, 0.5) is 0 Å². The molecule has 3 aromatic rings. The molecule has 1 aromatic carbocycles. The maximum Gasteiger partial charge on any atom is 0.196 e. The average molecular weight is 503 g/mol. The number of aromatic nitrogens is 4. The molecule has 36 heavy (non-hydrogen) atoms. The second-order valence-electron chi connectivity index (χ2n) is 9.01. The third-order valence-electron chi connectivity index (χ3n) is 5.81. The summed E-state index contributed by atoms with van der Waals surface area (Å²) in [5.74, 6) is 7.98. The normalized spacial score (nSPS) is 15.1. The number of nitrogens with zero attached hydrogens (tertiary/aromatic N) is 5. The van der Waals surface area contributed by atoms with Gasteiger partial charge in [0, 0.05) is 30.1 Å². The van der Waals surface area contributed by atoms with Gasteiger partial charge in [-0.25, -0.2) is 0 Å². The molecule has 8 heteroatoms. The minimum absolute atomic E-state index is 0.309. The van der Waals surface area contributed by atoms with E-state index in [0.717, 1.165) is 59.5 Å². The fourth-order valence-electron chi connectivity index (χ4n) is 3.84. The lowest BCUT2D eigenvalue weighted by Gasteiger charge is -2.16. The lowest BCUT2D eigenvalue weighted by atomic mass is 10.1. The van der Waals surface area contributed by atoms with Crippen molar-refractivity contribution in [3.05, 3.63) is 71.8 Å². The van der Waals surface area contributed by atoms with Crippen LogP contribution in [0.25, 0.3) is 5.69 Å². The number of thioether (sulfide) groups is 1. The van der Waals surface area contributed by atoms with Crippen molar-refractivity contribution in [2.45, 2.75) is 43.2 Å². The molecule has 0 fully saturated rings. The molecular formula is C28H34N6OS. The molecule has 0 spiro atoms. The lowest BCUT2D eigenvalue weighted by Crippen LogP contribution is -2.26. The molecule has 1 atom stereocenters. The second-order valence-corrected chi connectivity index (χ2v) is 10.2. The van der Waals surface area contributed by atoms with E-state index in [0.29, 0.717) is 18.4 Å². The summed E-state index contributed by atoms with van der Waals surface area (Å²) in [6.45, 7) is 4.96. The Labute approximate surface area is 218 Å². The monoisotopic (exact) mass is 502 g/mol. The number of hydrogen-bond donors (Lipinski definition) is 1. The summed E-state index contributed by atoms with van der Waals surface area (Å²) in [6, 6.07) is 9.95. The van der Waals surface area contributed by atoms with Gasteiger partial charge in [-0.2, -0.15) is 0 Å². The third kappa shape index (κ3) is 7.44. The summed E-state index contributed by atoms with van der Waals surface area (Å²) in [6.07, 6.45) is 11.6. The molecule has 188 valence electrons. The van der Waals surface area contributed by atoms with Gasteiger partial charge in [-0.15, -0.1) is 10.2 Å². The van der Waals surface area contributed by atoms with E-state index < -0.39 is 0 Å². The summed E-state index contributed by atoms with van der Waals surface area (Å²) in [7, 11) is 4.13. The van der Waals surface area contributed by atoms with Gasteiger partial charge in [0.25, 0.3) is 0 Å². The van der Waals surface area contributed by atoms with E-state index in [2.05, 4.69) is 75.0 Å². The molecule has 1 N–H and O–H groups in total. The highest BCUT2D eigenvalue weighted by Crippen LogP contribution is 2.31. The summed E-state index contributed by atoms with van der Waals surface area (Å²) in [5.41, 5.74) is 3.03. The van der Waals surface area contributed by atoms with E-state index >= 15 is 0 Å². The van der Waals surface area contributed by atoms with Gasteiger partial charge in [0.1, 0.15) is 12.4 Å². The number of ether oxygens (including phenoxy) is 1. The van der Waals surface area contributed by atoms with Crippen molar-refractivity contribution in [1.82, 2.24) is 30.0 Å². The van der Waals surface area contributed by atoms with Gasteiger partial charge in [-0.05, 0) is 76.2 Å². The van der Waals surface area contributed by atoms with E-state index in [1.807, 2.05) is 36.5 Å². The first-order valence-electron chi connectivity index (χ1n) is 12.4. The Hall–Kier alpha value is -3.12. The average Bonchev–Trinajstić information content (AvgIpc) is 3.29. The Morgan fingerprint density at radius 3 is 2.92 bits per heavy atom. The Morgan fingerprint density at radius 1 is 1.25 bits per heavy atom. The summed E-state index contributed by atoms with van der Waals surface area (Å²) >= 11 is 1.74. The first-order chi connectivity index (χ1) is 17.6. The van der Waals surface area contributed by atoms with E-state index in [-0.39, 0.29) is 0 Å². The Bertz CT molecular complexity index is 1210. The van der Waals surface area contributed by atoms with Gasteiger partial charge in [-0.3, -0.25) is 9.55 Å². The molecule has 1 unspecified atom stereocenters.